The standard InChI is InChI=1S/C15H18N4O2/c1-10-12(14(21)18-15(16)17-10)8-9-13(20)19(2)11-6-4-3-5-7-11/h3-7H,8-9H2,1-2H3,(H3,16,17,18,21). The fourth-order valence-electron chi connectivity index (χ4n) is 2.12. The van der Waals surface area contributed by atoms with Gasteiger partial charge in [0.25, 0.3) is 5.56 Å². The van der Waals surface area contributed by atoms with Crippen molar-refractivity contribution in [3.8, 4) is 0 Å². The molecule has 110 valence electrons. The number of hydrogen-bond acceptors (Lipinski definition) is 4. The van der Waals surface area contributed by atoms with Gasteiger partial charge in [-0.15, -0.1) is 0 Å². The molecule has 1 aromatic heterocycles. The van der Waals surface area contributed by atoms with Crippen LogP contribution in [0.1, 0.15) is 17.7 Å². The Hall–Kier alpha value is -2.63. The molecule has 0 aliphatic rings. The third-order valence-electron chi connectivity index (χ3n) is 3.35. The highest BCUT2D eigenvalue weighted by Crippen LogP contribution is 2.13. The van der Waals surface area contributed by atoms with Crippen LogP contribution in [0, 0.1) is 6.92 Å². The molecular formula is C15H18N4O2. The molecule has 0 fully saturated rings. The number of para-hydroxylation sites is 1. The third kappa shape index (κ3) is 3.47. The van der Waals surface area contributed by atoms with Crippen molar-refractivity contribution in [2.24, 2.45) is 0 Å². The first-order valence-corrected chi connectivity index (χ1v) is 6.66. The summed E-state index contributed by atoms with van der Waals surface area (Å²) in [6, 6.07) is 9.36. The first kappa shape index (κ1) is 14.8. The van der Waals surface area contributed by atoms with Crippen LogP contribution in [0.15, 0.2) is 35.1 Å². The summed E-state index contributed by atoms with van der Waals surface area (Å²) in [4.78, 5) is 32.0. The zero-order valence-corrected chi connectivity index (χ0v) is 12.1. The molecule has 2 rings (SSSR count). The van der Waals surface area contributed by atoms with E-state index in [1.165, 1.54) is 0 Å². The summed E-state index contributed by atoms with van der Waals surface area (Å²) in [5.74, 6) is 0.0332. The Kier molecular flexibility index (Phi) is 4.37. The molecule has 0 aliphatic carbocycles. The highest BCUT2D eigenvalue weighted by atomic mass is 16.2. The van der Waals surface area contributed by atoms with E-state index in [0.29, 0.717) is 17.7 Å². The number of nitrogen functional groups attached to an aromatic ring is 1. The van der Waals surface area contributed by atoms with Crippen LogP contribution in [0.5, 0.6) is 0 Å². The van der Waals surface area contributed by atoms with Crippen molar-refractivity contribution in [2.75, 3.05) is 17.7 Å². The number of benzene rings is 1. The molecular weight excluding hydrogens is 268 g/mol. The molecule has 0 unspecified atom stereocenters. The van der Waals surface area contributed by atoms with Gasteiger partial charge in [0, 0.05) is 30.4 Å². The summed E-state index contributed by atoms with van der Waals surface area (Å²) >= 11 is 0. The number of hydrogen-bond donors (Lipinski definition) is 2. The van der Waals surface area contributed by atoms with Crippen LogP contribution >= 0.6 is 0 Å². The lowest BCUT2D eigenvalue weighted by molar-refractivity contribution is -0.118. The van der Waals surface area contributed by atoms with E-state index in [0.717, 1.165) is 5.69 Å². The van der Waals surface area contributed by atoms with E-state index in [2.05, 4.69) is 9.97 Å². The largest absolute Gasteiger partial charge is 0.369 e. The van der Waals surface area contributed by atoms with Crippen molar-refractivity contribution >= 4 is 17.5 Å². The van der Waals surface area contributed by atoms with Crippen LogP contribution in [0.25, 0.3) is 0 Å². The Morgan fingerprint density at radius 3 is 2.62 bits per heavy atom. The number of H-pyrrole nitrogens is 1. The van der Waals surface area contributed by atoms with Gasteiger partial charge < -0.3 is 10.6 Å². The van der Waals surface area contributed by atoms with Crippen molar-refractivity contribution in [1.29, 1.82) is 0 Å². The summed E-state index contributed by atoms with van der Waals surface area (Å²) in [5.41, 5.74) is 7.07. The van der Waals surface area contributed by atoms with E-state index >= 15 is 0 Å². The van der Waals surface area contributed by atoms with E-state index in [1.54, 1.807) is 18.9 Å². The van der Waals surface area contributed by atoms with Gasteiger partial charge in [-0.1, -0.05) is 18.2 Å². The van der Waals surface area contributed by atoms with Crippen LogP contribution in [0.3, 0.4) is 0 Å². The Bertz CT molecular complexity index is 695. The first-order chi connectivity index (χ1) is 9.99. The molecule has 0 radical (unpaired) electrons. The molecule has 1 aromatic carbocycles. The van der Waals surface area contributed by atoms with Gasteiger partial charge in [-0.3, -0.25) is 14.6 Å². The predicted octanol–water partition coefficient (Wildman–Crippen LogP) is 1.26. The average Bonchev–Trinajstić information content (AvgIpc) is 2.46. The van der Waals surface area contributed by atoms with E-state index in [1.807, 2.05) is 30.3 Å². The molecule has 0 spiro atoms. The van der Waals surface area contributed by atoms with E-state index in [-0.39, 0.29) is 23.8 Å². The summed E-state index contributed by atoms with van der Waals surface area (Å²) in [7, 11) is 1.72. The number of carbonyl (C=O) groups is 1. The number of nitrogens with one attached hydrogen (secondary N) is 1. The Morgan fingerprint density at radius 1 is 1.33 bits per heavy atom. The number of nitrogens with two attached hydrogens (primary N) is 1. The number of carbonyl (C=O) groups excluding carboxylic acids is 1. The van der Waals surface area contributed by atoms with E-state index in [4.69, 9.17) is 5.73 Å². The van der Waals surface area contributed by atoms with Gasteiger partial charge in [0.2, 0.25) is 11.9 Å². The van der Waals surface area contributed by atoms with Gasteiger partial charge in [-0.05, 0) is 25.5 Å². The molecule has 3 N–H and O–H groups in total. The molecule has 2 aromatic rings. The molecule has 0 saturated carbocycles. The molecule has 21 heavy (non-hydrogen) atoms. The normalized spacial score (nSPS) is 10.4. The second kappa shape index (κ2) is 6.21. The Balaban J connectivity index is 2.07. The zero-order valence-electron chi connectivity index (χ0n) is 12.1. The lowest BCUT2D eigenvalue weighted by atomic mass is 10.1. The maximum absolute atomic E-state index is 12.2. The van der Waals surface area contributed by atoms with Crippen LogP contribution < -0.4 is 16.2 Å². The second-order valence-corrected chi connectivity index (χ2v) is 4.80. The van der Waals surface area contributed by atoms with Gasteiger partial charge in [-0.2, -0.15) is 0 Å². The van der Waals surface area contributed by atoms with E-state index in [9.17, 15) is 9.59 Å². The number of amides is 1. The highest BCUT2D eigenvalue weighted by molar-refractivity contribution is 5.92. The lowest BCUT2D eigenvalue weighted by Crippen LogP contribution is -2.27. The number of aromatic amines is 1. The predicted molar refractivity (Wildman–Crippen MR) is 82.2 cm³/mol. The topological polar surface area (TPSA) is 92.1 Å². The summed E-state index contributed by atoms with van der Waals surface area (Å²) in [6.45, 7) is 1.71. The summed E-state index contributed by atoms with van der Waals surface area (Å²) < 4.78 is 0. The molecule has 6 heteroatoms. The smallest absolute Gasteiger partial charge is 0.255 e. The molecule has 1 amide bonds. The zero-order chi connectivity index (χ0) is 15.4. The highest BCUT2D eigenvalue weighted by Gasteiger charge is 2.13. The molecule has 6 nitrogen and oxygen atoms in total. The quantitative estimate of drug-likeness (QED) is 0.885. The summed E-state index contributed by atoms with van der Waals surface area (Å²) in [5, 5.41) is 0. The average molecular weight is 286 g/mol. The number of anilines is 2. The lowest BCUT2D eigenvalue weighted by Gasteiger charge is -2.17. The fraction of sp³-hybridized carbons (Fsp3) is 0.267. The molecule has 1 heterocycles. The van der Waals surface area contributed by atoms with Crippen LogP contribution in [0.2, 0.25) is 0 Å². The SMILES string of the molecule is Cc1nc(N)[nH]c(=O)c1CCC(=O)N(C)c1ccccc1. The Labute approximate surface area is 122 Å². The molecule has 0 saturated heterocycles. The van der Waals surface area contributed by atoms with Crippen molar-refractivity contribution in [2.45, 2.75) is 19.8 Å². The van der Waals surface area contributed by atoms with Crippen molar-refractivity contribution in [3.63, 3.8) is 0 Å². The third-order valence-corrected chi connectivity index (χ3v) is 3.35. The number of nitrogens with zero attached hydrogens (tertiary/aromatic N) is 2. The van der Waals surface area contributed by atoms with Crippen LogP contribution in [0.4, 0.5) is 11.6 Å². The van der Waals surface area contributed by atoms with Gasteiger partial charge in [0.15, 0.2) is 0 Å². The van der Waals surface area contributed by atoms with Gasteiger partial charge in [0.1, 0.15) is 0 Å². The minimum absolute atomic E-state index is 0.0585. The van der Waals surface area contributed by atoms with Gasteiger partial charge >= 0.3 is 0 Å². The summed E-state index contributed by atoms with van der Waals surface area (Å²) in [6.07, 6.45) is 0.575. The van der Waals surface area contributed by atoms with Crippen molar-refractivity contribution in [1.82, 2.24) is 9.97 Å². The number of aromatic nitrogens is 2. The number of rotatable bonds is 4. The molecule has 0 bridgehead atoms. The monoisotopic (exact) mass is 286 g/mol. The van der Waals surface area contributed by atoms with Gasteiger partial charge in [0.05, 0.1) is 0 Å². The maximum atomic E-state index is 12.2. The van der Waals surface area contributed by atoms with Crippen LogP contribution in [-0.2, 0) is 11.2 Å². The maximum Gasteiger partial charge on any atom is 0.255 e. The van der Waals surface area contributed by atoms with Crippen LogP contribution in [-0.4, -0.2) is 22.9 Å². The second-order valence-electron chi connectivity index (χ2n) is 4.80. The Morgan fingerprint density at radius 2 is 2.00 bits per heavy atom. The molecule has 0 atom stereocenters. The van der Waals surface area contributed by atoms with Gasteiger partial charge in [-0.25, -0.2) is 4.98 Å². The van der Waals surface area contributed by atoms with Crippen molar-refractivity contribution < 1.29 is 4.79 Å². The fourth-order valence-corrected chi connectivity index (χ4v) is 2.12. The van der Waals surface area contributed by atoms with Crippen molar-refractivity contribution in [3.05, 3.63) is 51.9 Å². The first-order valence-electron chi connectivity index (χ1n) is 6.66. The minimum atomic E-state index is -0.282. The number of aryl methyl sites for hydroxylation is 1. The minimum Gasteiger partial charge on any atom is -0.369 e. The molecule has 0 aliphatic heterocycles. The van der Waals surface area contributed by atoms with E-state index < -0.39 is 0 Å².